The van der Waals surface area contributed by atoms with E-state index >= 15 is 0 Å². The van der Waals surface area contributed by atoms with Crippen molar-refractivity contribution in [2.75, 3.05) is 4.72 Å². The summed E-state index contributed by atoms with van der Waals surface area (Å²) < 4.78 is 40.6. The van der Waals surface area contributed by atoms with Crippen molar-refractivity contribution >= 4 is 39.1 Å². The molecule has 0 aromatic heterocycles. The fourth-order valence-corrected chi connectivity index (χ4v) is 4.26. The maximum atomic E-state index is 13.0. The zero-order chi connectivity index (χ0) is 17.9. The van der Waals surface area contributed by atoms with E-state index in [4.69, 9.17) is 11.6 Å². The van der Waals surface area contributed by atoms with Crippen molar-refractivity contribution in [3.05, 3.63) is 83.6 Å². The van der Waals surface area contributed by atoms with Crippen LogP contribution < -0.4 is 4.72 Å². The van der Waals surface area contributed by atoms with Crippen molar-refractivity contribution in [1.29, 1.82) is 0 Å². The van der Waals surface area contributed by atoms with Crippen LogP contribution in [0, 0.1) is 5.82 Å². The molecule has 25 heavy (non-hydrogen) atoms. The summed E-state index contributed by atoms with van der Waals surface area (Å²) in [5.74, 6) is -0.488. The standard InChI is InChI=1S/C18H13ClFNO2S2/c19-13-5-9-15(10-6-13)24-18-4-2-1-3-17(18)21-25(22,23)16-11-7-14(20)8-12-16/h1-12,21H. The number of nitrogens with one attached hydrogen (secondary N) is 1. The molecule has 0 amide bonds. The van der Waals surface area contributed by atoms with Crippen LogP contribution in [0.5, 0.6) is 0 Å². The molecule has 0 unspecified atom stereocenters. The molecule has 3 nitrogen and oxygen atoms in total. The van der Waals surface area contributed by atoms with Crippen LogP contribution in [0.1, 0.15) is 0 Å². The van der Waals surface area contributed by atoms with Gasteiger partial charge < -0.3 is 0 Å². The number of rotatable bonds is 5. The first-order valence-electron chi connectivity index (χ1n) is 7.25. The Labute approximate surface area is 154 Å². The number of sulfonamides is 1. The zero-order valence-electron chi connectivity index (χ0n) is 12.8. The third-order valence-electron chi connectivity index (χ3n) is 3.30. The molecule has 0 bridgehead atoms. The Bertz CT molecular complexity index is 975. The summed E-state index contributed by atoms with van der Waals surface area (Å²) in [5, 5.41) is 0.634. The predicted molar refractivity (Wildman–Crippen MR) is 99.2 cm³/mol. The Morgan fingerprint density at radius 1 is 0.880 bits per heavy atom. The summed E-state index contributed by atoms with van der Waals surface area (Å²) in [6.45, 7) is 0. The molecule has 0 heterocycles. The summed E-state index contributed by atoms with van der Waals surface area (Å²) in [6.07, 6.45) is 0. The molecule has 0 spiro atoms. The van der Waals surface area contributed by atoms with Gasteiger partial charge in [-0.1, -0.05) is 35.5 Å². The number of anilines is 1. The van der Waals surface area contributed by atoms with Gasteiger partial charge >= 0.3 is 0 Å². The minimum Gasteiger partial charge on any atom is -0.278 e. The van der Waals surface area contributed by atoms with Crippen LogP contribution in [0.4, 0.5) is 10.1 Å². The lowest BCUT2D eigenvalue weighted by Gasteiger charge is -2.12. The van der Waals surface area contributed by atoms with Crippen molar-refractivity contribution < 1.29 is 12.8 Å². The van der Waals surface area contributed by atoms with Crippen LogP contribution in [-0.2, 0) is 10.0 Å². The Morgan fingerprint density at radius 2 is 1.52 bits per heavy atom. The first kappa shape index (κ1) is 17.8. The summed E-state index contributed by atoms with van der Waals surface area (Å²) in [4.78, 5) is 1.67. The van der Waals surface area contributed by atoms with Gasteiger partial charge in [-0.2, -0.15) is 0 Å². The molecule has 0 aliphatic carbocycles. The van der Waals surface area contributed by atoms with Gasteiger partial charge in [-0.15, -0.1) is 0 Å². The van der Waals surface area contributed by atoms with Crippen molar-refractivity contribution in [3.8, 4) is 0 Å². The van der Waals surface area contributed by atoms with E-state index in [1.165, 1.54) is 23.9 Å². The molecule has 0 saturated carbocycles. The van der Waals surface area contributed by atoms with Crippen LogP contribution in [-0.4, -0.2) is 8.42 Å². The van der Waals surface area contributed by atoms with Crippen molar-refractivity contribution in [2.45, 2.75) is 14.7 Å². The minimum atomic E-state index is -3.80. The third kappa shape index (κ3) is 4.54. The summed E-state index contributed by atoms with van der Waals surface area (Å²) >= 11 is 7.30. The van der Waals surface area contributed by atoms with E-state index in [0.717, 1.165) is 21.9 Å². The van der Waals surface area contributed by atoms with Crippen LogP contribution >= 0.6 is 23.4 Å². The average Bonchev–Trinajstić information content (AvgIpc) is 2.59. The topological polar surface area (TPSA) is 46.2 Å². The Morgan fingerprint density at radius 3 is 2.20 bits per heavy atom. The van der Waals surface area contributed by atoms with Crippen molar-refractivity contribution in [1.82, 2.24) is 0 Å². The van der Waals surface area contributed by atoms with Crippen LogP contribution in [0.2, 0.25) is 5.02 Å². The van der Waals surface area contributed by atoms with Gasteiger partial charge in [0, 0.05) is 14.8 Å². The average molecular weight is 394 g/mol. The normalized spacial score (nSPS) is 11.3. The highest BCUT2D eigenvalue weighted by atomic mass is 35.5. The van der Waals surface area contributed by atoms with Crippen molar-refractivity contribution in [3.63, 3.8) is 0 Å². The molecule has 3 aromatic rings. The lowest BCUT2D eigenvalue weighted by Crippen LogP contribution is -2.13. The fourth-order valence-electron chi connectivity index (χ4n) is 2.09. The first-order valence-corrected chi connectivity index (χ1v) is 9.93. The van der Waals surface area contributed by atoms with E-state index < -0.39 is 15.8 Å². The third-order valence-corrected chi connectivity index (χ3v) is 6.01. The predicted octanol–water partition coefficient (Wildman–Crippen LogP) is 5.43. The van der Waals surface area contributed by atoms with Gasteiger partial charge in [0.05, 0.1) is 10.6 Å². The second-order valence-electron chi connectivity index (χ2n) is 5.11. The molecule has 7 heteroatoms. The lowest BCUT2D eigenvalue weighted by atomic mass is 10.3. The number of hydrogen-bond donors (Lipinski definition) is 1. The SMILES string of the molecule is O=S(=O)(Nc1ccccc1Sc1ccc(Cl)cc1)c1ccc(F)cc1. The summed E-state index contributed by atoms with van der Waals surface area (Å²) in [6, 6.07) is 19.0. The Kier molecular flexibility index (Phi) is 5.32. The van der Waals surface area contributed by atoms with E-state index in [1.54, 1.807) is 24.3 Å². The van der Waals surface area contributed by atoms with Crippen LogP contribution in [0.3, 0.4) is 0 Å². The number of hydrogen-bond acceptors (Lipinski definition) is 3. The Balaban J connectivity index is 1.87. The highest BCUT2D eigenvalue weighted by Crippen LogP contribution is 2.34. The number of para-hydroxylation sites is 1. The van der Waals surface area contributed by atoms with Gasteiger partial charge in [-0.05, 0) is 60.7 Å². The van der Waals surface area contributed by atoms with Crippen molar-refractivity contribution in [2.24, 2.45) is 0 Å². The van der Waals surface area contributed by atoms with Crippen LogP contribution in [0.25, 0.3) is 0 Å². The molecule has 3 rings (SSSR count). The second kappa shape index (κ2) is 7.47. The molecule has 0 aliphatic heterocycles. The monoisotopic (exact) mass is 393 g/mol. The quantitative estimate of drug-likeness (QED) is 0.628. The smallest absolute Gasteiger partial charge is 0.261 e. The van der Waals surface area contributed by atoms with E-state index in [2.05, 4.69) is 4.72 Å². The molecule has 3 aromatic carbocycles. The van der Waals surface area contributed by atoms with Gasteiger partial charge in [0.1, 0.15) is 5.82 Å². The molecule has 1 N–H and O–H groups in total. The summed E-state index contributed by atoms with van der Waals surface area (Å²) in [5.41, 5.74) is 0.451. The maximum absolute atomic E-state index is 13.0. The number of benzene rings is 3. The van der Waals surface area contributed by atoms with Gasteiger partial charge in [0.15, 0.2) is 0 Å². The van der Waals surface area contributed by atoms with Crippen LogP contribution in [0.15, 0.2) is 87.5 Å². The van der Waals surface area contributed by atoms with E-state index in [9.17, 15) is 12.8 Å². The maximum Gasteiger partial charge on any atom is 0.261 e. The fraction of sp³-hybridized carbons (Fsp3) is 0. The Hall–Kier alpha value is -2.02. The molecular weight excluding hydrogens is 381 g/mol. The van der Waals surface area contributed by atoms with Gasteiger partial charge in [0.25, 0.3) is 10.0 Å². The van der Waals surface area contributed by atoms with Gasteiger partial charge in [0.2, 0.25) is 0 Å². The van der Waals surface area contributed by atoms with Gasteiger partial charge in [-0.25, -0.2) is 12.8 Å². The molecule has 0 fully saturated rings. The second-order valence-corrected chi connectivity index (χ2v) is 8.35. The highest BCUT2D eigenvalue weighted by Gasteiger charge is 2.16. The zero-order valence-corrected chi connectivity index (χ0v) is 15.2. The first-order chi connectivity index (χ1) is 11.9. The highest BCUT2D eigenvalue weighted by molar-refractivity contribution is 7.99. The molecule has 0 radical (unpaired) electrons. The van der Waals surface area contributed by atoms with E-state index in [-0.39, 0.29) is 4.90 Å². The van der Waals surface area contributed by atoms with Gasteiger partial charge in [-0.3, -0.25) is 4.72 Å². The molecule has 0 atom stereocenters. The summed E-state index contributed by atoms with van der Waals surface area (Å²) in [7, 11) is -3.80. The molecular formula is C18H13ClFNO2S2. The minimum absolute atomic E-state index is 0.000181. The molecule has 0 saturated heterocycles. The largest absolute Gasteiger partial charge is 0.278 e. The van der Waals surface area contributed by atoms with E-state index in [0.29, 0.717) is 10.7 Å². The molecule has 128 valence electrons. The lowest BCUT2D eigenvalue weighted by molar-refractivity contribution is 0.599. The molecule has 0 aliphatic rings. The van der Waals surface area contributed by atoms with E-state index in [1.807, 2.05) is 24.3 Å². The number of halogens is 2.